The maximum atomic E-state index is 13.2. The summed E-state index contributed by atoms with van der Waals surface area (Å²) in [5.74, 6) is 2.82. The van der Waals surface area contributed by atoms with Gasteiger partial charge in [-0.05, 0) is 86.6 Å². The molecule has 2 aliphatic rings. The molecule has 4 atom stereocenters. The summed E-state index contributed by atoms with van der Waals surface area (Å²) in [6.45, 7) is 5.23. The van der Waals surface area contributed by atoms with E-state index in [-0.39, 0.29) is 5.82 Å². The molecule has 2 saturated carbocycles. The molecule has 3 rings (SSSR count). The molecule has 1 nitrogen and oxygen atoms in total. The topological polar surface area (TPSA) is 12.0 Å². The van der Waals surface area contributed by atoms with Crippen LogP contribution >= 0.6 is 0 Å². The van der Waals surface area contributed by atoms with Crippen LogP contribution < -0.4 is 5.32 Å². The largest absolute Gasteiger partial charge is 0.314 e. The second kappa shape index (κ2) is 6.48. The van der Waals surface area contributed by atoms with Crippen LogP contribution in [0.2, 0.25) is 0 Å². The number of likely N-dealkylation sites (N-methyl/N-ethyl adjacent to an activating group) is 1. The summed E-state index contributed by atoms with van der Waals surface area (Å²) in [4.78, 5) is 0. The second-order valence-electron chi connectivity index (χ2n) is 7.20. The summed E-state index contributed by atoms with van der Waals surface area (Å²) >= 11 is 0. The van der Waals surface area contributed by atoms with Crippen LogP contribution in [0.1, 0.15) is 50.2 Å². The van der Waals surface area contributed by atoms with Crippen LogP contribution in [0.25, 0.3) is 0 Å². The van der Waals surface area contributed by atoms with Crippen molar-refractivity contribution in [2.75, 3.05) is 6.54 Å². The van der Waals surface area contributed by atoms with Gasteiger partial charge in [0.1, 0.15) is 5.82 Å². The predicted molar refractivity (Wildman–Crippen MR) is 85.9 cm³/mol. The van der Waals surface area contributed by atoms with E-state index in [2.05, 4.69) is 12.2 Å². The molecule has 0 aliphatic heterocycles. The summed E-state index contributed by atoms with van der Waals surface area (Å²) in [6.07, 6.45) is 8.21. The standard InChI is InChI=1S/C19H28FN/c1-3-21-19(11-15-6-7-18(20)8-13(15)2)12-17-10-14-4-5-16(17)9-14/h6-8,14,16-17,19,21H,3-5,9-12H2,1-2H3. The van der Waals surface area contributed by atoms with Gasteiger partial charge in [0, 0.05) is 6.04 Å². The van der Waals surface area contributed by atoms with E-state index in [4.69, 9.17) is 0 Å². The molecule has 1 aromatic carbocycles. The highest BCUT2D eigenvalue weighted by molar-refractivity contribution is 5.27. The van der Waals surface area contributed by atoms with Gasteiger partial charge in [-0.1, -0.05) is 19.4 Å². The highest BCUT2D eigenvalue weighted by Crippen LogP contribution is 2.50. The summed E-state index contributed by atoms with van der Waals surface area (Å²) in [6, 6.07) is 5.78. The molecule has 0 heterocycles. The Morgan fingerprint density at radius 3 is 2.76 bits per heavy atom. The molecule has 4 unspecified atom stereocenters. The van der Waals surface area contributed by atoms with Gasteiger partial charge >= 0.3 is 0 Å². The van der Waals surface area contributed by atoms with Crippen LogP contribution in [-0.2, 0) is 6.42 Å². The lowest BCUT2D eigenvalue weighted by molar-refractivity contribution is 0.278. The highest BCUT2D eigenvalue weighted by atomic mass is 19.1. The third-order valence-electron chi connectivity index (χ3n) is 5.74. The fourth-order valence-corrected chi connectivity index (χ4v) is 4.71. The van der Waals surface area contributed by atoms with Crippen LogP contribution in [0.5, 0.6) is 0 Å². The van der Waals surface area contributed by atoms with Gasteiger partial charge in [-0.15, -0.1) is 0 Å². The molecule has 2 aliphatic carbocycles. The number of rotatable bonds is 6. The summed E-state index contributed by atoms with van der Waals surface area (Å²) in [7, 11) is 0. The van der Waals surface area contributed by atoms with Gasteiger partial charge in [-0.25, -0.2) is 4.39 Å². The van der Waals surface area contributed by atoms with Gasteiger partial charge in [0.2, 0.25) is 0 Å². The molecule has 0 aromatic heterocycles. The number of hydrogen-bond donors (Lipinski definition) is 1. The van der Waals surface area contributed by atoms with Crippen LogP contribution in [0, 0.1) is 30.5 Å². The molecule has 0 saturated heterocycles. The molecule has 2 heteroatoms. The summed E-state index contributed by atoms with van der Waals surface area (Å²) in [5, 5.41) is 3.67. The Balaban J connectivity index is 1.64. The minimum Gasteiger partial charge on any atom is -0.314 e. The van der Waals surface area contributed by atoms with Crippen LogP contribution in [-0.4, -0.2) is 12.6 Å². The van der Waals surface area contributed by atoms with Crippen molar-refractivity contribution in [3.63, 3.8) is 0 Å². The Morgan fingerprint density at radius 2 is 2.14 bits per heavy atom. The lowest BCUT2D eigenvalue weighted by Gasteiger charge is -2.27. The van der Waals surface area contributed by atoms with Crippen LogP contribution in [0.3, 0.4) is 0 Å². The highest BCUT2D eigenvalue weighted by Gasteiger charge is 2.39. The predicted octanol–water partition coefficient (Wildman–Crippen LogP) is 4.48. The second-order valence-corrected chi connectivity index (χ2v) is 7.20. The van der Waals surface area contributed by atoms with Crippen LogP contribution in [0.4, 0.5) is 4.39 Å². The molecule has 0 radical (unpaired) electrons. The maximum absolute atomic E-state index is 13.2. The number of aryl methyl sites for hydroxylation is 1. The Hall–Kier alpha value is -0.890. The smallest absolute Gasteiger partial charge is 0.123 e. The summed E-state index contributed by atoms with van der Waals surface area (Å²) < 4.78 is 13.2. The number of halogens is 1. The first kappa shape index (κ1) is 15.0. The van der Waals surface area contributed by atoms with Gasteiger partial charge in [0.05, 0.1) is 0 Å². The number of hydrogen-bond acceptors (Lipinski definition) is 1. The quantitative estimate of drug-likeness (QED) is 0.814. The van der Waals surface area contributed by atoms with Gasteiger partial charge in [0.25, 0.3) is 0 Å². The van der Waals surface area contributed by atoms with E-state index in [1.807, 2.05) is 13.0 Å². The molecule has 1 N–H and O–H groups in total. The van der Waals surface area contributed by atoms with E-state index in [1.165, 1.54) is 37.7 Å². The molecular formula is C19H28FN. The van der Waals surface area contributed by atoms with Crippen molar-refractivity contribution in [1.82, 2.24) is 5.32 Å². The lowest BCUT2D eigenvalue weighted by Crippen LogP contribution is -2.34. The van der Waals surface area contributed by atoms with Crippen molar-refractivity contribution in [3.8, 4) is 0 Å². The van der Waals surface area contributed by atoms with Crippen molar-refractivity contribution in [1.29, 1.82) is 0 Å². The first-order valence-corrected chi connectivity index (χ1v) is 8.64. The number of nitrogens with one attached hydrogen (secondary N) is 1. The average Bonchev–Trinajstić information content (AvgIpc) is 3.04. The lowest BCUT2D eigenvalue weighted by atomic mass is 9.82. The Kier molecular flexibility index (Phi) is 4.63. The fourth-order valence-electron chi connectivity index (χ4n) is 4.71. The molecule has 0 spiro atoms. The number of fused-ring (bicyclic) bond motifs is 2. The van der Waals surface area contributed by atoms with Crippen molar-refractivity contribution >= 4 is 0 Å². The van der Waals surface area contributed by atoms with Gasteiger partial charge in [-0.3, -0.25) is 0 Å². The molecule has 21 heavy (non-hydrogen) atoms. The fraction of sp³-hybridized carbons (Fsp3) is 0.684. The minimum atomic E-state index is -0.121. The third-order valence-corrected chi connectivity index (χ3v) is 5.74. The molecule has 1 aromatic rings. The van der Waals surface area contributed by atoms with Crippen molar-refractivity contribution in [3.05, 3.63) is 35.1 Å². The first-order valence-electron chi connectivity index (χ1n) is 8.64. The van der Waals surface area contributed by atoms with E-state index in [1.54, 1.807) is 12.1 Å². The first-order chi connectivity index (χ1) is 10.2. The summed E-state index contributed by atoms with van der Waals surface area (Å²) in [5.41, 5.74) is 2.39. The Bertz CT molecular complexity index is 484. The van der Waals surface area contributed by atoms with E-state index in [0.29, 0.717) is 6.04 Å². The normalized spacial score (nSPS) is 29.0. The van der Waals surface area contributed by atoms with Crippen molar-refractivity contribution in [2.45, 2.75) is 58.4 Å². The van der Waals surface area contributed by atoms with Gasteiger partial charge in [-0.2, -0.15) is 0 Å². The zero-order chi connectivity index (χ0) is 14.8. The SMILES string of the molecule is CCNC(Cc1ccc(F)cc1C)CC1CC2CCC1C2. The van der Waals surface area contributed by atoms with E-state index in [9.17, 15) is 4.39 Å². The van der Waals surface area contributed by atoms with Gasteiger partial charge in [0.15, 0.2) is 0 Å². The third kappa shape index (κ3) is 3.48. The van der Waals surface area contributed by atoms with Crippen molar-refractivity contribution in [2.24, 2.45) is 17.8 Å². The van der Waals surface area contributed by atoms with E-state index >= 15 is 0 Å². The van der Waals surface area contributed by atoms with E-state index in [0.717, 1.165) is 36.3 Å². The van der Waals surface area contributed by atoms with Crippen LogP contribution in [0.15, 0.2) is 18.2 Å². The van der Waals surface area contributed by atoms with Gasteiger partial charge < -0.3 is 5.32 Å². The van der Waals surface area contributed by atoms with Crippen molar-refractivity contribution < 1.29 is 4.39 Å². The zero-order valence-corrected chi connectivity index (χ0v) is 13.4. The molecular weight excluding hydrogens is 261 g/mol. The minimum absolute atomic E-state index is 0.121. The molecule has 2 bridgehead atoms. The Labute approximate surface area is 128 Å². The zero-order valence-electron chi connectivity index (χ0n) is 13.4. The Morgan fingerprint density at radius 1 is 1.29 bits per heavy atom. The molecule has 116 valence electrons. The molecule has 0 amide bonds. The number of benzene rings is 1. The monoisotopic (exact) mass is 289 g/mol. The van der Waals surface area contributed by atoms with E-state index < -0.39 is 0 Å². The maximum Gasteiger partial charge on any atom is 0.123 e. The average molecular weight is 289 g/mol. The molecule has 2 fully saturated rings.